The smallest absolute Gasteiger partial charge is 0.479 e. The summed E-state index contributed by atoms with van der Waals surface area (Å²) in [4.78, 5) is 9.88. The maximum absolute atomic E-state index is 9.88. The van der Waals surface area contributed by atoms with Crippen LogP contribution in [0.4, 0.5) is 0 Å². The van der Waals surface area contributed by atoms with Crippen LogP contribution in [0.3, 0.4) is 0 Å². The van der Waals surface area contributed by atoms with Crippen molar-refractivity contribution in [2.24, 2.45) is 0 Å². The third-order valence-corrected chi connectivity index (χ3v) is 3.00. The largest absolute Gasteiger partial charge is 1.00 e. The van der Waals surface area contributed by atoms with Gasteiger partial charge in [-0.15, -0.1) is 0 Å². The Labute approximate surface area is 150 Å². The van der Waals surface area contributed by atoms with Gasteiger partial charge in [-0.05, 0) is 6.92 Å². The topological polar surface area (TPSA) is 101 Å². The summed E-state index contributed by atoms with van der Waals surface area (Å²) >= 11 is 0. The SMILES string of the molecule is CC(OS(=O)(=O)O)C(=O)O.[CH2-]CCCCCCCCC.[Na+]. The minimum atomic E-state index is -4.65. The maximum Gasteiger partial charge on any atom is 1.00 e. The molecule has 21 heavy (non-hydrogen) atoms. The molecule has 0 radical (unpaired) electrons. The van der Waals surface area contributed by atoms with E-state index in [9.17, 15) is 13.2 Å². The number of aliphatic carboxylic acids is 1. The van der Waals surface area contributed by atoms with E-state index in [-0.39, 0.29) is 29.6 Å². The molecule has 0 rings (SSSR count). The average Bonchev–Trinajstić information content (AvgIpc) is 2.32. The number of carboxylic acid groups (broad SMARTS) is 1. The van der Waals surface area contributed by atoms with Crippen LogP contribution in [0, 0.1) is 6.92 Å². The van der Waals surface area contributed by atoms with Crippen LogP contribution in [0.15, 0.2) is 0 Å². The molecular weight excluding hydrogens is 307 g/mol. The Morgan fingerprint density at radius 3 is 1.86 bits per heavy atom. The fourth-order valence-electron chi connectivity index (χ4n) is 1.36. The van der Waals surface area contributed by atoms with Gasteiger partial charge in [0.25, 0.3) is 0 Å². The van der Waals surface area contributed by atoms with Crippen molar-refractivity contribution in [2.45, 2.75) is 71.3 Å². The van der Waals surface area contributed by atoms with Crippen molar-refractivity contribution in [3.8, 4) is 0 Å². The normalized spacial score (nSPS) is 11.8. The van der Waals surface area contributed by atoms with Gasteiger partial charge in [0.2, 0.25) is 0 Å². The van der Waals surface area contributed by atoms with E-state index in [1.54, 1.807) is 0 Å². The van der Waals surface area contributed by atoms with Gasteiger partial charge < -0.3 is 12.0 Å². The average molecular weight is 334 g/mol. The Kier molecular flexibility index (Phi) is 20.9. The first kappa shape index (κ1) is 26.2. The Hall–Kier alpha value is 0.340. The van der Waals surface area contributed by atoms with Gasteiger partial charge in [-0.1, -0.05) is 51.9 Å². The van der Waals surface area contributed by atoms with Crippen molar-refractivity contribution in [3.05, 3.63) is 6.92 Å². The molecule has 2 N–H and O–H groups in total. The van der Waals surface area contributed by atoms with Crippen molar-refractivity contribution >= 4 is 16.4 Å². The van der Waals surface area contributed by atoms with Crippen molar-refractivity contribution in [1.82, 2.24) is 0 Å². The molecule has 6 nitrogen and oxygen atoms in total. The van der Waals surface area contributed by atoms with Crippen LogP contribution in [0.2, 0.25) is 0 Å². The van der Waals surface area contributed by atoms with Crippen molar-refractivity contribution in [3.63, 3.8) is 0 Å². The third-order valence-electron chi connectivity index (χ3n) is 2.47. The Bertz CT molecular complexity index is 324. The summed E-state index contributed by atoms with van der Waals surface area (Å²) in [6.07, 6.45) is 9.36. The van der Waals surface area contributed by atoms with Gasteiger partial charge in [0.05, 0.1) is 0 Å². The minimum absolute atomic E-state index is 0. The second-order valence-corrected chi connectivity index (χ2v) is 5.53. The zero-order valence-corrected chi connectivity index (χ0v) is 16.2. The van der Waals surface area contributed by atoms with Crippen LogP contribution in [-0.4, -0.2) is 30.2 Å². The van der Waals surface area contributed by atoms with Crippen LogP contribution < -0.4 is 29.6 Å². The Morgan fingerprint density at radius 1 is 1.14 bits per heavy atom. The van der Waals surface area contributed by atoms with E-state index in [1.807, 2.05) is 0 Å². The molecule has 0 bridgehead atoms. The summed E-state index contributed by atoms with van der Waals surface area (Å²) < 4.78 is 31.2. The van der Waals surface area contributed by atoms with Crippen LogP contribution in [0.5, 0.6) is 0 Å². The summed E-state index contributed by atoms with van der Waals surface area (Å²) in [6, 6.07) is 0. The maximum atomic E-state index is 9.88. The number of unbranched alkanes of at least 4 members (excludes halogenated alkanes) is 7. The molecule has 0 fully saturated rings. The van der Waals surface area contributed by atoms with Crippen LogP contribution >= 0.6 is 0 Å². The van der Waals surface area contributed by atoms with Gasteiger partial charge in [0.1, 0.15) is 0 Å². The van der Waals surface area contributed by atoms with Crippen LogP contribution in [0.1, 0.15) is 65.2 Å². The first-order chi connectivity index (χ1) is 9.24. The molecule has 0 aromatic rings. The predicted molar refractivity (Wildman–Crippen MR) is 77.7 cm³/mol. The summed E-state index contributed by atoms with van der Waals surface area (Å²) in [6.45, 7) is 7.06. The number of hydrogen-bond donors (Lipinski definition) is 2. The van der Waals surface area contributed by atoms with E-state index in [4.69, 9.17) is 9.66 Å². The van der Waals surface area contributed by atoms with Gasteiger partial charge in [0, 0.05) is 0 Å². The van der Waals surface area contributed by atoms with E-state index < -0.39 is 22.5 Å². The van der Waals surface area contributed by atoms with E-state index in [0.717, 1.165) is 13.3 Å². The molecule has 0 saturated heterocycles. The first-order valence-corrected chi connectivity index (χ1v) is 8.28. The zero-order chi connectivity index (χ0) is 16.0. The summed E-state index contributed by atoms with van der Waals surface area (Å²) in [5, 5.41) is 8.04. The molecular formula is C13H27NaO6S. The zero-order valence-electron chi connectivity index (χ0n) is 13.4. The summed E-state index contributed by atoms with van der Waals surface area (Å²) in [5.74, 6) is -1.46. The minimum Gasteiger partial charge on any atom is -0.479 e. The molecule has 0 aliphatic rings. The van der Waals surface area contributed by atoms with Crippen molar-refractivity contribution in [2.75, 3.05) is 0 Å². The molecule has 0 amide bonds. The van der Waals surface area contributed by atoms with Gasteiger partial charge in [-0.25, -0.2) is 8.98 Å². The molecule has 0 aliphatic heterocycles. The molecule has 8 heteroatoms. The van der Waals surface area contributed by atoms with E-state index in [0.29, 0.717) is 0 Å². The summed E-state index contributed by atoms with van der Waals surface area (Å²) in [7, 11) is -4.65. The second-order valence-electron chi connectivity index (χ2n) is 4.48. The van der Waals surface area contributed by atoms with Gasteiger partial charge in [0.15, 0.2) is 6.10 Å². The molecule has 0 saturated carbocycles. The van der Waals surface area contributed by atoms with E-state index in [2.05, 4.69) is 18.0 Å². The number of rotatable bonds is 10. The molecule has 1 atom stereocenters. The molecule has 0 aliphatic carbocycles. The monoisotopic (exact) mass is 334 g/mol. The van der Waals surface area contributed by atoms with Crippen molar-refractivity contribution < 1.29 is 56.6 Å². The molecule has 0 aromatic carbocycles. The van der Waals surface area contributed by atoms with Crippen molar-refractivity contribution in [1.29, 1.82) is 0 Å². The van der Waals surface area contributed by atoms with Gasteiger partial charge in [-0.2, -0.15) is 14.8 Å². The molecule has 1 unspecified atom stereocenters. The fourth-order valence-corrected chi connectivity index (χ4v) is 1.80. The number of carbonyl (C=O) groups is 1. The van der Waals surface area contributed by atoms with E-state index >= 15 is 0 Å². The van der Waals surface area contributed by atoms with E-state index in [1.165, 1.54) is 44.9 Å². The third kappa shape index (κ3) is 25.6. The Balaban J connectivity index is -0.000000295. The Morgan fingerprint density at radius 2 is 1.57 bits per heavy atom. The van der Waals surface area contributed by atoms with Crippen LogP contribution in [0.25, 0.3) is 0 Å². The first-order valence-electron chi connectivity index (χ1n) is 6.92. The number of hydrogen-bond acceptors (Lipinski definition) is 4. The number of carboxylic acids is 1. The van der Waals surface area contributed by atoms with Crippen LogP contribution in [-0.2, 0) is 19.4 Å². The molecule has 0 heterocycles. The quantitative estimate of drug-likeness (QED) is 0.257. The predicted octanol–water partition coefficient (Wildman–Crippen LogP) is 0.244. The molecule has 122 valence electrons. The summed E-state index contributed by atoms with van der Waals surface area (Å²) in [5.41, 5.74) is 0. The second kappa shape index (κ2) is 16.7. The van der Waals surface area contributed by atoms with Gasteiger partial charge in [-0.3, -0.25) is 4.55 Å². The van der Waals surface area contributed by atoms with Gasteiger partial charge >= 0.3 is 45.9 Å². The molecule has 0 aromatic heterocycles. The molecule has 0 spiro atoms. The fraction of sp³-hybridized carbons (Fsp3) is 0.846. The standard InChI is InChI=1S/C10H21.C3H6O6S.Na/c1-3-5-7-9-10-8-6-4-2;1-2(3(4)5)9-10(6,7)8;/h1,3-10H2,2H3;2H,1H3,(H,4,5)(H,6,7,8);/q-1;;+1.